The van der Waals surface area contributed by atoms with Gasteiger partial charge in [0.1, 0.15) is 0 Å². The van der Waals surface area contributed by atoms with Crippen molar-refractivity contribution in [3.63, 3.8) is 0 Å². The summed E-state index contributed by atoms with van der Waals surface area (Å²) in [5.41, 5.74) is 2.58. The number of aromatic nitrogens is 4. The van der Waals surface area contributed by atoms with Gasteiger partial charge in [-0.25, -0.2) is 4.98 Å². The third-order valence-electron chi connectivity index (χ3n) is 4.37. The van der Waals surface area contributed by atoms with E-state index in [1.165, 1.54) is 0 Å². The van der Waals surface area contributed by atoms with Crippen LogP contribution in [0.2, 0.25) is 5.02 Å². The van der Waals surface area contributed by atoms with Gasteiger partial charge in [0, 0.05) is 48.0 Å². The molecule has 3 aromatic heterocycles. The third-order valence-corrected chi connectivity index (χ3v) is 4.73. The molecule has 0 amide bonds. The van der Waals surface area contributed by atoms with Crippen molar-refractivity contribution in [3.8, 4) is 11.3 Å². The van der Waals surface area contributed by atoms with Crippen molar-refractivity contribution >= 4 is 17.4 Å². The molecule has 26 heavy (non-hydrogen) atoms. The Morgan fingerprint density at radius 1 is 1.04 bits per heavy atom. The number of nitrogens with zero attached hydrogens (tertiary/aromatic N) is 4. The molecule has 0 N–H and O–H groups in total. The highest BCUT2D eigenvalue weighted by atomic mass is 35.5. The molecule has 4 rings (SSSR count). The molecule has 4 aromatic rings. The summed E-state index contributed by atoms with van der Waals surface area (Å²) in [6.07, 6.45) is 8.83. The second kappa shape index (κ2) is 7.14. The molecule has 3 heterocycles. The first-order chi connectivity index (χ1) is 12.7. The van der Waals surface area contributed by atoms with Crippen molar-refractivity contribution in [2.45, 2.75) is 19.4 Å². The summed E-state index contributed by atoms with van der Waals surface area (Å²) in [5.74, 6) is 0.642. The molecule has 0 aliphatic rings. The van der Waals surface area contributed by atoms with Crippen molar-refractivity contribution in [1.82, 2.24) is 18.9 Å². The number of rotatable bonds is 5. The Balaban J connectivity index is 1.61. The minimum Gasteiger partial charge on any atom is -0.317 e. The first kappa shape index (κ1) is 16.5. The first-order valence-corrected chi connectivity index (χ1v) is 8.82. The Morgan fingerprint density at radius 2 is 1.85 bits per heavy atom. The van der Waals surface area contributed by atoms with Gasteiger partial charge in [-0.3, -0.25) is 14.2 Å². The highest BCUT2D eigenvalue weighted by Gasteiger charge is 2.09. The number of pyridine rings is 1. The summed E-state index contributed by atoms with van der Waals surface area (Å²) in [6.45, 7) is 0.758. The van der Waals surface area contributed by atoms with Crippen LogP contribution in [-0.2, 0) is 13.0 Å². The van der Waals surface area contributed by atoms with Crippen LogP contribution >= 0.6 is 11.6 Å². The monoisotopic (exact) mass is 364 g/mol. The number of imidazole rings is 1. The second-order valence-electron chi connectivity index (χ2n) is 6.07. The zero-order chi connectivity index (χ0) is 17.9. The molecule has 1 aromatic carbocycles. The minimum atomic E-state index is -0.0910. The van der Waals surface area contributed by atoms with Crippen molar-refractivity contribution in [3.05, 3.63) is 88.2 Å². The van der Waals surface area contributed by atoms with E-state index in [1.54, 1.807) is 29.1 Å². The number of fused-ring (bicyclic) bond motifs is 1. The predicted molar refractivity (Wildman–Crippen MR) is 102 cm³/mol. The Labute approximate surface area is 155 Å². The van der Waals surface area contributed by atoms with Crippen LogP contribution in [-0.4, -0.2) is 18.9 Å². The van der Waals surface area contributed by atoms with Crippen LogP contribution in [0.5, 0.6) is 0 Å². The van der Waals surface area contributed by atoms with Crippen LogP contribution in [0.25, 0.3) is 17.0 Å². The maximum atomic E-state index is 12.4. The molecule has 130 valence electrons. The van der Waals surface area contributed by atoms with E-state index in [-0.39, 0.29) is 5.56 Å². The van der Waals surface area contributed by atoms with E-state index < -0.39 is 0 Å². The number of benzene rings is 1. The highest BCUT2D eigenvalue weighted by molar-refractivity contribution is 6.31. The molecule has 5 nitrogen and oxygen atoms in total. The Hall–Kier alpha value is -2.92. The average Bonchev–Trinajstić information content (AvgIpc) is 3.08. The van der Waals surface area contributed by atoms with Gasteiger partial charge >= 0.3 is 0 Å². The molecule has 0 spiro atoms. The van der Waals surface area contributed by atoms with Gasteiger partial charge in [-0.1, -0.05) is 29.8 Å². The number of hydrogen-bond acceptors (Lipinski definition) is 3. The zero-order valence-electron chi connectivity index (χ0n) is 14.0. The van der Waals surface area contributed by atoms with Gasteiger partial charge in [0.25, 0.3) is 5.56 Å². The van der Waals surface area contributed by atoms with Crippen LogP contribution in [0.15, 0.2) is 72.0 Å². The van der Waals surface area contributed by atoms with E-state index in [0.717, 1.165) is 35.5 Å². The van der Waals surface area contributed by atoms with Gasteiger partial charge in [0.15, 0.2) is 0 Å². The summed E-state index contributed by atoms with van der Waals surface area (Å²) < 4.78 is 3.57. The smallest absolute Gasteiger partial charge is 0.259 e. The van der Waals surface area contributed by atoms with Gasteiger partial charge in [0.2, 0.25) is 5.78 Å². The van der Waals surface area contributed by atoms with E-state index in [9.17, 15) is 4.79 Å². The lowest BCUT2D eigenvalue weighted by Crippen LogP contribution is -2.14. The predicted octanol–water partition coefficient (Wildman–Crippen LogP) is 3.84. The Bertz CT molecular complexity index is 1100. The second-order valence-corrected chi connectivity index (χ2v) is 6.48. The lowest BCUT2D eigenvalue weighted by atomic mass is 10.1. The molecular weight excluding hydrogens is 348 g/mol. The third kappa shape index (κ3) is 3.26. The molecule has 6 heteroatoms. The molecule has 0 fully saturated rings. The number of aryl methyl sites for hydroxylation is 2. The van der Waals surface area contributed by atoms with Crippen molar-refractivity contribution in [1.29, 1.82) is 0 Å². The van der Waals surface area contributed by atoms with Gasteiger partial charge in [-0.2, -0.15) is 0 Å². The van der Waals surface area contributed by atoms with E-state index in [2.05, 4.69) is 9.97 Å². The molecule has 0 aliphatic heterocycles. The lowest BCUT2D eigenvalue weighted by molar-refractivity contribution is 0.653. The van der Waals surface area contributed by atoms with E-state index in [4.69, 9.17) is 11.6 Å². The number of hydrogen-bond donors (Lipinski definition) is 0. The quantitative estimate of drug-likeness (QED) is 0.540. The number of halogens is 1. The van der Waals surface area contributed by atoms with Crippen molar-refractivity contribution in [2.24, 2.45) is 0 Å². The summed E-state index contributed by atoms with van der Waals surface area (Å²) in [7, 11) is 0. The van der Waals surface area contributed by atoms with Gasteiger partial charge < -0.3 is 4.57 Å². The van der Waals surface area contributed by atoms with Crippen molar-refractivity contribution in [2.75, 3.05) is 0 Å². The van der Waals surface area contributed by atoms with Gasteiger partial charge in [-0.15, -0.1) is 0 Å². The van der Waals surface area contributed by atoms with Crippen LogP contribution in [0, 0.1) is 0 Å². The fourth-order valence-electron chi connectivity index (χ4n) is 3.02. The lowest BCUT2D eigenvalue weighted by Gasteiger charge is -2.07. The first-order valence-electron chi connectivity index (χ1n) is 8.45. The summed E-state index contributed by atoms with van der Waals surface area (Å²) >= 11 is 6.22. The highest BCUT2D eigenvalue weighted by Crippen LogP contribution is 2.18. The van der Waals surface area contributed by atoms with Crippen LogP contribution in [0.4, 0.5) is 0 Å². The summed E-state index contributed by atoms with van der Waals surface area (Å²) in [6, 6.07) is 13.1. The largest absolute Gasteiger partial charge is 0.317 e. The molecule has 0 radical (unpaired) electrons. The van der Waals surface area contributed by atoms with Crippen LogP contribution in [0.3, 0.4) is 0 Å². The maximum Gasteiger partial charge on any atom is 0.259 e. The van der Waals surface area contributed by atoms with E-state index >= 15 is 0 Å². The minimum absolute atomic E-state index is 0.0910. The Kier molecular flexibility index (Phi) is 4.54. The molecule has 0 saturated carbocycles. The fraction of sp³-hybridized carbons (Fsp3) is 0.150. The SMILES string of the molecule is O=c1cc(-c2ccncc2)nc2n(CCCc3ccccc3Cl)ccn12. The Morgan fingerprint density at radius 3 is 2.65 bits per heavy atom. The topological polar surface area (TPSA) is 52.2 Å². The molecule has 0 aliphatic carbocycles. The maximum absolute atomic E-state index is 12.4. The summed E-state index contributed by atoms with van der Waals surface area (Å²) in [4.78, 5) is 21.1. The molecule has 0 atom stereocenters. The molecule has 0 bridgehead atoms. The van der Waals surface area contributed by atoms with Crippen LogP contribution in [0.1, 0.15) is 12.0 Å². The molecule has 0 unspecified atom stereocenters. The summed E-state index contributed by atoms with van der Waals surface area (Å²) in [5, 5.41) is 0.791. The van der Waals surface area contributed by atoms with Crippen molar-refractivity contribution < 1.29 is 0 Å². The molecular formula is C20H17ClN4O. The molecule has 0 saturated heterocycles. The van der Waals surface area contributed by atoms with Gasteiger partial charge in [-0.05, 0) is 36.6 Å². The standard InChI is InChI=1S/C20H17ClN4O/c21-17-6-2-1-4-15(17)5-3-11-24-12-13-25-19(26)14-18(23-20(24)25)16-7-9-22-10-8-16/h1-2,4,6-10,12-14H,3,5,11H2. The normalized spacial score (nSPS) is 11.1. The fourth-order valence-corrected chi connectivity index (χ4v) is 3.25. The average molecular weight is 365 g/mol. The van der Waals surface area contributed by atoms with Gasteiger partial charge in [0.05, 0.1) is 5.69 Å². The van der Waals surface area contributed by atoms with E-state index in [0.29, 0.717) is 11.5 Å². The van der Waals surface area contributed by atoms with E-state index in [1.807, 2.05) is 47.2 Å². The zero-order valence-corrected chi connectivity index (χ0v) is 14.8. The van der Waals surface area contributed by atoms with Crippen LogP contribution < -0.4 is 5.56 Å².